The lowest BCUT2D eigenvalue weighted by molar-refractivity contribution is -0.135. The number of hydrogen-bond acceptors (Lipinski definition) is 4. The summed E-state index contributed by atoms with van der Waals surface area (Å²) in [5, 5.41) is 2.53. The number of amides is 2. The fourth-order valence-corrected chi connectivity index (χ4v) is 3.85. The molecule has 3 aromatic rings. The van der Waals surface area contributed by atoms with Crippen LogP contribution in [-0.2, 0) is 11.3 Å². The van der Waals surface area contributed by atoms with Crippen LogP contribution in [0.4, 0.5) is 0 Å². The number of fused-ring (bicyclic) bond motifs is 1. The molecule has 6 nitrogen and oxygen atoms in total. The van der Waals surface area contributed by atoms with E-state index in [9.17, 15) is 9.59 Å². The Balaban J connectivity index is 1.31. The van der Waals surface area contributed by atoms with E-state index in [0.29, 0.717) is 18.8 Å². The number of carbonyl (C=O) groups excluding carboxylic acids is 2. The number of carbonyl (C=O) groups is 2. The number of hydrogen-bond donors (Lipinski definition) is 1. The maximum Gasteiger partial charge on any atom is 0.260 e. The second kappa shape index (κ2) is 8.97. The van der Waals surface area contributed by atoms with E-state index in [4.69, 9.17) is 10.5 Å². The van der Waals surface area contributed by atoms with E-state index in [1.54, 1.807) is 24.3 Å². The smallest absolute Gasteiger partial charge is 0.260 e. The van der Waals surface area contributed by atoms with Crippen molar-refractivity contribution in [3.63, 3.8) is 0 Å². The van der Waals surface area contributed by atoms with Crippen LogP contribution in [0.1, 0.15) is 15.9 Å². The van der Waals surface area contributed by atoms with Gasteiger partial charge in [0.05, 0.1) is 5.56 Å². The maximum atomic E-state index is 12.6. The van der Waals surface area contributed by atoms with Crippen LogP contribution in [0.15, 0.2) is 66.7 Å². The van der Waals surface area contributed by atoms with Gasteiger partial charge >= 0.3 is 0 Å². The number of ether oxygens (including phenoxy) is 1. The van der Waals surface area contributed by atoms with Gasteiger partial charge in [0.2, 0.25) is 0 Å². The van der Waals surface area contributed by atoms with Crippen molar-refractivity contribution in [2.24, 2.45) is 5.73 Å². The highest BCUT2D eigenvalue weighted by molar-refractivity contribution is 5.95. The van der Waals surface area contributed by atoms with Gasteiger partial charge in [-0.15, -0.1) is 0 Å². The molecule has 154 valence electrons. The zero-order chi connectivity index (χ0) is 20.9. The Morgan fingerprint density at radius 2 is 1.57 bits per heavy atom. The van der Waals surface area contributed by atoms with Crippen LogP contribution in [0.3, 0.4) is 0 Å². The topological polar surface area (TPSA) is 75.9 Å². The molecule has 1 saturated heterocycles. The minimum absolute atomic E-state index is 0.0842. The number of piperazine rings is 1. The van der Waals surface area contributed by atoms with Crippen molar-refractivity contribution in [1.82, 2.24) is 9.80 Å². The molecule has 1 aliphatic heterocycles. The third kappa shape index (κ3) is 4.44. The molecule has 1 fully saturated rings. The molecule has 0 unspecified atom stereocenters. The summed E-state index contributed by atoms with van der Waals surface area (Å²) in [5.74, 6) is -0.313. The zero-order valence-electron chi connectivity index (χ0n) is 16.8. The first-order valence-corrected chi connectivity index (χ1v) is 10.1. The number of primary amides is 1. The Bertz CT molecular complexity index is 1050. The molecule has 0 bridgehead atoms. The fourth-order valence-electron chi connectivity index (χ4n) is 3.85. The third-order valence-electron chi connectivity index (χ3n) is 5.50. The Morgan fingerprint density at radius 1 is 0.867 bits per heavy atom. The second-order valence-corrected chi connectivity index (χ2v) is 7.44. The van der Waals surface area contributed by atoms with Crippen LogP contribution < -0.4 is 10.5 Å². The Kier molecular flexibility index (Phi) is 5.95. The normalized spacial score (nSPS) is 14.6. The highest BCUT2D eigenvalue weighted by Crippen LogP contribution is 2.21. The summed E-state index contributed by atoms with van der Waals surface area (Å²) in [5.41, 5.74) is 6.94. The lowest BCUT2D eigenvalue weighted by Crippen LogP contribution is -2.49. The number of rotatable bonds is 6. The number of benzene rings is 3. The molecule has 0 aliphatic carbocycles. The number of nitrogens with zero attached hydrogens (tertiary/aromatic N) is 2. The molecule has 6 heteroatoms. The first-order chi connectivity index (χ1) is 14.6. The van der Waals surface area contributed by atoms with Gasteiger partial charge in [0.15, 0.2) is 6.61 Å². The molecular weight excluding hydrogens is 378 g/mol. The van der Waals surface area contributed by atoms with Gasteiger partial charge in [0.25, 0.3) is 11.8 Å². The molecule has 0 saturated carbocycles. The van der Waals surface area contributed by atoms with Crippen molar-refractivity contribution in [3.05, 3.63) is 77.9 Å². The molecule has 30 heavy (non-hydrogen) atoms. The van der Waals surface area contributed by atoms with E-state index >= 15 is 0 Å². The van der Waals surface area contributed by atoms with Crippen LogP contribution in [-0.4, -0.2) is 54.4 Å². The Hall–Kier alpha value is -3.38. The van der Waals surface area contributed by atoms with Gasteiger partial charge in [-0.3, -0.25) is 14.5 Å². The minimum atomic E-state index is -0.569. The quantitative estimate of drug-likeness (QED) is 0.687. The van der Waals surface area contributed by atoms with Gasteiger partial charge < -0.3 is 15.4 Å². The van der Waals surface area contributed by atoms with Gasteiger partial charge in [0, 0.05) is 32.7 Å². The summed E-state index contributed by atoms with van der Waals surface area (Å²) in [7, 11) is 0. The average molecular weight is 403 g/mol. The van der Waals surface area contributed by atoms with Crippen molar-refractivity contribution < 1.29 is 14.3 Å². The number of para-hydroxylation sites is 1. The second-order valence-electron chi connectivity index (χ2n) is 7.44. The molecule has 0 radical (unpaired) electrons. The van der Waals surface area contributed by atoms with Gasteiger partial charge in [0.1, 0.15) is 5.75 Å². The van der Waals surface area contributed by atoms with Crippen molar-refractivity contribution in [3.8, 4) is 5.75 Å². The highest BCUT2D eigenvalue weighted by atomic mass is 16.5. The summed E-state index contributed by atoms with van der Waals surface area (Å²) >= 11 is 0. The van der Waals surface area contributed by atoms with Crippen LogP contribution in [0, 0.1) is 0 Å². The van der Waals surface area contributed by atoms with Gasteiger partial charge in [-0.25, -0.2) is 0 Å². The first kappa shape index (κ1) is 19.9. The van der Waals surface area contributed by atoms with Gasteiger partial charge in [-0.1, -0.05) is 54.6 Å². The molecule has 1 heterocycles. The monoisotopic (exact) mass is 403 g/mol. The standard InChI is InChI=1S/C24H25N3O3/c25-24(29)21-10-3-4-11-22(21)30-17-23(28)27-14-12-26(13-15-27)16-19-8-5-7-18-6-1-2-9-20(18)19/h1-11H,12-17H2,(H2,25,29). The Morgan fingerprint density at radius 3 is 2.37 bits per heavy atom. The van der Waals surface area contributed by atoms with E-state index in [-0.39, 0.29) is 18.1 Å². The fraction of sp³-hybridized carbons (Fsp3) is 0.250. The predicted molar refractivity (Wildman–Crippen MR) is 116 cm³/mol. The third-order valence-corrected chi connectivity index (χ3v) is 5.50. The maximum absolute atomic E-state index is 12.6. The molecule has 0 atom stereocenters. The summed E-state index contributed by atoms with van der Waals surface area (Å²) < 4.78 is 5.58. The van der Waals surface area contributed by atoms with Crippen LogP contribution in [0.2, 0.25) is 0 Å². The average Bonchev–Trinajstić information content (AvgIpc) is 2.78. The van der Waals surface area contributed by atoms with Crippen molar-refractivity contribution in [2.45, 2.75) is 6.54 Å². The summed E-state index contributed by atoms with van der Waals surface area (Å²) in [6.45, 7) is 3.70. The van der Waals surface area contributed by atoms with Crippen molar-refractivity contribution in [2.75, 3.05) is 32.8 Å². The molecule has 3 aromatic carbocycles. The summed E-state index contributed by atoms with van der Waals surface area (Å²) in [6, 6.07) is 21.5. The van der Waals surface area contributed by atoms with Crippen LogP contribution >= 0.6 is 0 Å². The van der Waals surface area contributed by atoms with Crippen LogP contribution in [0.5, 0.6) is 5.75 Å². The molecule has 1 aliphatic rings. The van der Waals surface area contributed by atoms with E-state index in [1.807, 2.05) is 4.90 Å². The molecule has 0 spiro atoms. The van der Waals surface area contributed by atoms with Gasteiger partial charge in [-0.05, 0) is 28.5 Å². The van der Waals surface area contributed by atoms with E-state index < -0.39 is 5.91 Å². The van der Waals surface area contributed by atoms with Crippen molar-refractivity contribution in [1.29, 1.82) is 0 Å². The van der Waals surface area contributed by atoms with Gasteiger partial charge in [-0.2, -0.15) is 0 Å². The molecular formula is C24H25N3O3. The predicted octanol–water partition coefficient (Wildman–Crippen LogP) is 2.66. The van der Waals surface area contributed by atoms with E-state index in [0.717, 1.165) is 19.6 Å². The summed E-state index contributed by atoms with van der Waals surface area (Å²) in [4.78, 5) is 28.2. The molecule has 4 rings (SSSR count). The number of nitrogens with two attached hydrogens (primary N) is 1. The first-order valence-electron chi connectivity index (χ1n) is 10.1. The van der Waals surface area contributed by atoms with Crippen LogP contribution in [0.25, 0.3) is 10.8 Å². The minimum Gasteiger partial charge on any atom is -0.483 e. The summed E-state index contributed by atoms with van der Waals surface area (Å²) in [6.07, 6.45) is 0. The molecule has 2 N–H and O–H groups in total. The van der Waals surface area contributed by atoms with E-state index in [2.05, 4.69) is 47.4 Å². The highest BCUT2D eigenvalue weighted by Gasteiger charge is 2.22. The molecule has 2 amide bonds. The lowest BCUT2D eigenvalue weighted by Gasteiger charge is -2.35. The SMILES string of the molecule is NC(=O)c1ccccc1OCC(=O)N1CCN(Cc2cccc3ccccc23)CC1. The molecule has 0 aromatic heterocycles. The Labute approximate surface area is 175 Å². The lowest BCUT2D eigenvalue weighted by atomic mass is 10.0. The zero-order valence-corrected chi connectivity index (χ0v) is 16.8. The van der Waals surface area contributed by atoms with E-state index in [1.165, 1.54) is 16.3 Å². The largest absolute Gasteiger partial charge is 0.483 e. The van der Waals surface area contributed by atoms with Crippen molar-refractivity contribution >= 4 is 22.6 Å².